The van der Waals surface area contributed by atoms with Gasteiger partial charge < -0.3 is 20.1 Å². The Morgan fingerprint density at radius 2 is 1.88 bits per heavy atom. The Morgan fingerprint density at radius 3 is 2.58 bits per heavy atom. The molecule has 1 heterocycles. The van der Waals surface area contributed by atoms with Crippen LogP contribution >= 0.6 is 0 Å². The number of carbonyl (C=O) groups is 1. The number of aromatic amines is 1. The molecule has 1 aromatic heterocycles. The van der Waals surface area contributed by atoms with E-state index in [1.165, 1.54) is 0 Å². The van der Waals surface area contributed by atoms with E-state index < -0.39 is 12.0 Å². The molecule has 136 valence electrons. The zero-order chi connectivity index (χ0) is 18.5. The van der Waals surface area contributed by atoms with Gasteiger partial charge >= 0.3 is 5.97 Å². The third-order valence-electron chi connectivity index (χ3n) is 4.24. The molecule has 0 fully saturated rings. The number of carboxylic acids is 1. The van der Waals surface area contributed by atoms with Crippen LogP contribution in [0.2, 0.25) is 0 Å². The molecule has 0 bridgehead atoms. The molecule has 3 aromatic rings. The fourth-order valence-corrected chi connectivity index (χ4v) is 2.97. The van der Waals surface area contributed by atoms with Crippen LogP contribution in [-0.2, 0) is 17.8 Å². The average molecular weight is 352 g/mol. The van der Waals surface area contributed by atoms with Crippen LogP contribution in [0.3, 0.4) is 0 Å². The fourth-order valence-electron chi connectivity index (χ4n) is 2.97. The van der Waals surface area contributed by atoms with Crippen molar-refractivity contribution in [2.75, 3.05) is 0 Å². The smallest absolute Gasteiger partial charge is 0.321 e. The minimum absolute atomic E-state index is 0.131. The van der Waals surface area contributed by atoms with Crippen LogP contribution in [-0.4, -0.2) is 28.2 Å². The first kappa shape index (κ1) is 18.0. The van der Waals surface area contributed by atoms with E-state index in [1.807, 2.05) is 68.6 Å². The molecule has 0 aliphatic heterocycles. The molecule has 2 aromatic carbocycles. The number of ether oxygens (including phenoxy) is 1. The number of para-hydroxylation sites is 1. The molecular formula is C21H24N2O3. The predicted octanol–water partition coefficient (Wildman–Crippen LogP) is 3.74. The summed E-state index contributed by atoms with van der Waals surface area (Å²) in [5.41, 5.74) is 3.04. The molecule has 0 spiro atoms. The Bertz CT molecular complexity index is 868. The number of nitrogens with one attached hydrogen (secondary N) is 2. The van der Waals surface area contributed by atoms with Crippen molar-refractivity contribution in [2.45, 2.75) is 39.0 Å². The lowest BCUT2D eigenvalue weighted by Crippen LogP contribution is -2.38. The van der Waals surface area contributed by atoms with Crippen LogP contribution < -0.4 is 10.1 Å². The number of hydrogen-bond donors (Lipinski definition) is 3. The van der Waals surface area contributed by atoms with Gasteiger partial charge in [0.25, 0.3) is 0 Å². The Labute approximate surface area is 153 Å². The molecular weight excluding hydrogens is 328 g/mol. The topological polar surface area (TPSA) is 74.3 Å². The SMILES string of the molecule is CC(C)Oc1ccc(CNC(Cc2c[nH]c3ccccc23)C(=O)O)cc1. The second kappa shape index (κ2) is 8.06. The van der Waals surface area contributed by atoms with Crippen LogP contribution in [0, 0.1) is 0 Å². The molecule has 5 nitrogen and oxygen atoms in total. The lowest BCUT2D eigenvalue weighted by atomic mass is 10.0. The highest BCUT2D eigenvalue weighted by atomic mass is 16.5. The second-order valence-electron chi connectivity index (χ2n) is 6.65. The fraction of sp³-hybridized carbons (Fsp3) is 0.286. The first-order chi connectivity index (χ1) is 12.5. The summed E-state index contributed by atoms with van der Waals surface area (Å²) in [7, 11) is 0. The van der Waals surface area contributed by atoms with Crippen molar-refractivity contribution in [1.82, 2.24) is 10.3 Å². The van der Waals surface area contributed by atoms with Crippen LogP contribution in [0.4, 0.5) is 0 Å². The van der Waals surface area contributed by atoms with Gasteiger partial charge in [-0.3, -0.25) is 4.79 Å². The zero-order valence-corrected chi connectivity index (χ0v) is 15.0. The normalized spacial score (nSPS) is 12.4. The molecule has 0 amide bonds. The van der Waals surface area contributed by atoms with E-state index in [1.54, 1.807) is 0 Å². The quantitative estimate of drug-likeness (QED) is 0.577. The van der Waals surface area contributed by atoms with Gasteiger partial charge in [-0.25, -0.2) is 0 Å². The van der Waals surface area contributed by atoms with E-state index in [9.17, 15) is 9.90 Å². The first-order valence-electron chi connectivity index (χ1n) is 8.79. The van der Waals surface area contributed by atoms with Crippen molar-refractivity contribution in [1.29, 1.82) is 0 Å². The average Bonchev–Trinajstić information content (AvgIpc) is 3.02. The highest BCUT2D eigenvalue weighted by molar-refractivity contribution is 5.84. The third-order valence-corrected chi connectivity index (χ3v) is 4.24. The maximum Gasteiger partial charge on any atom is 0.321 e. The number of H-pyrrole nitrogens is 1. The number of aromatic nitrogens is 1. The Morgan fingerprint density at radius 1 is 1.15 bits per heavy atom. The van der Waals surface area contributed by atoms with Crippen molar-refractivity contribution >= 4 is 16.9 Å². The van der Waals surface area contributed by atoms with Gasteiger partial charge in [0.1, 0.15) is 11.8 Å². The number of hydrogen-bond acceptors (Lipinski definition) is 3. The maximum atomic E-state index is 11.7. The monoisotopic (exact) mass is 352 g/mol. The molecule has 26 heavy (non-hydrogen) atoms. The Balaban J connectivity index is 1.64. The van der Waals surface area contributed by atoms with E-state index in [0.717, 1.165) is 27.8 Å². The highest BCUT2D eigenvalue weighted by Crippen LogP contribution is 2.19. The Kier molecular flexibility index (Phi) is 5.58. The summed E-state index contributed by atoms with van der Waals surface area (Å²) in [6.45, 7) is 4.45. The largest absolute Gasteiger partial charge is 0.491 e. The van der Waals surface area contributed by atoms with Gasteiger partial charge in [-0.05, 0) is 43.2 Å². The van der Waals surface area contributed by atoms with Crippen molar-refractivity contribution in [3.8, 4) is 5.75 Å². The summed E-state index contributed by atoms with van der Waals surface area (Å²) in [5.74, 6) is -0.0348. The molecule has 1 unspecified atom stereocenters. The minimum atomic E-state index is -0.852. The first-order valence-corrected chi connectivity index (χ1v) is 8.79. The van der Waals surface area contributed by atoms with Crippen molar-refractivity contribution < 1.29 is 14.6 Å². The summed E-state index contributed by atoms with van der Waals surface area (Å²) >= 11 is 0. The number of rotatable bonds is 8. The zero-order valence-electron chi connectivity index (χ0n) is 15.0. The molecule has 0 saturated heterocycles. The van der Waals surface area contributed by atoms with Gasteiger partial charge in [0.15, 0.2) is 0 Å². The van der Waals surface area contributed by atoms with Crippen molar-refractivity contribution in [2.24, 2.45) is 0 Å². The lowest BCUT2D eigenvalue weighted by molar-refractivity contribution is -0.139. The number of fused-ring (bicyclic) bond motifs is 1. The minimum Gasteiger partial charge on any atom is -0.491 e. The van der Waals surface area contributed by atoms with E-state index in [-0.39, 0.29) is 6.10 Å². The number of carboxylic acid groups (broad SMARTS) is 1. The molecule has 0 aliphatic carbocycles. The molecule has 3 N–H and O–H groups in total. The van der Waals surface area contributed by atoms with Crippen molar-refractivity contribution in [3.63, 3.8) is 0 Å². The van der Waals surface area contributed by atoms with Crippen LogP contribution in [0.1, 0.15) is 25.0 Å². The molecule has 1 atom stereocenters. The van der Waals surface area contributed by atoms with Gasteiger partial charge in [-0.15, -0.1) is 0 Å². The summed E-state index contributed by atoms with van der Waals surface area (Å²) in [6.07, 6.45) is 2.44. The number of benzene rings is 2. The predicted molar refractivity (Wildman–Crippen MR) is 102 cm³/mol. The molecule has 0 radical (unpaired) electrons. The Hall–Kier alpha value is -2.79. The van der Waals surface area contributed by atoms with Gasteiger partial charge in [0.2, 0.25) is 0 Å². The van der Waals surface area contributed by atoms with Gasteiger partial charge in [0.05, 0.1) is 6.10 Å². The van der Waals surface area contributed by atoms with Gasteiger partial charge in [-0.1, -0.05) is 30.3 Å². The van der Waals surface area contributed by atoms with Crippen LogP contribution in [0.25, 0.3) is 10.9 Å². The standard InChI is InChI=1S/C21H24N2O3/c1-14(2)26-17-9-7-15(8-10-17)12-22-20(21(24)25)11-16-13-23-19-6-4-3-5-18(16)19/h3-10,13-14,20,22-23H,11-12H2,1-2H3,(H,24,25). The van der Waals surface area contributed by atoms with Crippen LogP contribution in [0.5, 0.6) is 5.75 Å². The molecule has 3 rings (SSSR count). The second-order valence-corrected chi connectivity index (χ2v) is 6.65. The van der Waals surface area contributed by atoms with Crippen molar-refractivity contribution in [3.05, 3.63) is 65.9 Å². The summed E-state index contributed by atoms with van der Waals surface area (Å²) in [6, 6.07) is 15.0. The molecule has 0 saturated carbocycles. The van der Waals surface area contributed by atoms with Gasteiger partial charge in [0, 0.05) is 30.1 Å². The van der Waals surface area contributed by atoms with E-state index >= 15 is 0 Å². The summed E-state index contributed by atoms with van der Waals surface area (Å²) in [4.78, 5) is 14.9. The van der Waals surface area contributed by atoms with E-state index in [4.69, 9.17) is 4.74 Å². The summed E-state index contributed by atoms with van der Waals surface area (Å²) in [5, 5.41) is 13.8. The van der Waals surface area contributed by atoms with Crippen LogP contribution in [0.15, 0.2) is 54.7 Å². The molecule has 0 aliphatic rings. The molecule has 5 heteroatoms. The number of aliphatic carboxylic acids is 1. The van der Waals surface area contributed by atoms with E-state index in [0.29, 0.717) is 13.0 Å². The lowest BCUT2D eigenvalue weighted by Gasteiger charge is -2.15. The maximum absolute atomic E-state index is 11.7. The summed E-state index contributed by atoms with van der Waals surface area (Å²) < 4.78 is 5.63. The van der Waals surface area contributed by atoms with Gasteiger partial charge in [-0.2, -0.15) is 0 Å². The highest BCUT2D eigenvalue weighted by Gasteiger charge is 2.19. The third kappa shape index (κ3) is 4.43. The van der Waals surface area contributed by atoms with E-state index in [2.05, 4.69) is 10.3 Å².